The highest BCUT2D eigenvalue weighted by atomic mass is 16.5. The first-order chi connectivity index (χ1) is 10.3. The Bertz CT molecular complexity index is 622. The molecule has 0 amide bonds. The van der Waals surface area contributed by atoms with Gasteiger partial charge in [-0.1, -0.05) is 26.8 Å². The third kappa shape index (κ3) is 3.71. The molecule has 0 bridgehead atoms. The second kappa shape index (κ2) is 6.84. The summed E-state index contributed by atoms with van der Waals surface area (Å²) in [6.07, 6.45) is 3.34. The van der Waals surface area contributed by atoms with Crippen LogP contribution in [0.4, 0.5) is 0 Å². The number of H-pyrrole nitrogens is 1. The number of rotatable bonds is 6. The summed E-state index contributed by atoms with van der Waals surface area (Å²) in [6, 6.07) is 4.45. The smallest absolute Gasteiger partial charge is 0.0631 e. The van der Waals surface area contributed by atoms with Crippen LogP contribution in [0.3, 0.4) is 0 Å². The number of nitrogens with one attached hydrogen (secondary N) is 2. The number of aromatic amines is 1. The second-order valence-electron chi connectivity index (χ2n) is 7.31. The Balaban J connectivity index is 2.00. The van der Waals surface area contributed by atoms with E-state index in [1.54, 1.807) is 0 Å². The molecule has 122 valence electrons. The average molecular weight is 302 g/mol. The van der Waals surface area contributed by atoms with Crippen molar-refractivity contribution in [3.8, 4) is 0 Å². The highest BCUT2D eigenvalue weighted by Crippen LogP contribution is 2.26. The molecule has 0 fully saturated rings. The number of ether oxygens (including phenoxy) is 1. The summed E-state index contributed by atoms with van der Waals surface area (Å²) >= 11 is 0. The fourth-order valence-electron chi connectivity index (χ4n) is 3.23. The number of methoxy groups -OCH3 is 1. The predicted octanol–water partition coefficient (Wildman–Crippen LogP) is 4.33. The molecule has 2 aromatic rings. The van der Waals surface area contributed by atoms with E-state index in [1.807, 2.05) is 13.3 Å². The first-order valence-electron chi connectivity index (χ1n) is 8.14. The number of aryl methyl sites for hydroxylation is 2. The Labute approximate surface area is 134 Å². The zero-order chi connectivity index (χ0) is 16.3. The number of benzene rings is 1. The summed E-state index contributed by atoms with van der Waals surface area (Å²) in [6.45, 7) is 12.9. The molecular formula is C19H30N2O. The van der Waals surface area contributed by atoms with E-state index in [0.29, 0.717) is 0 Å². The summed E-state index contributed by atoms with van der Waals surface area (Å²) in [5.74, 6) is 0. The molecule has 0 saturated carbocycles. The third-order valence-corrected chi connectivity index (χ3v) is 4.51. The molecule has 3 nitrogen and oxygen atoms in total. The fraction of sp³-hybridized carbons (Fsp3) is 0.579. The minimum absolute atomic E-state index is 0.185. The van der Waals surface area contributed by atoms with Gasteiger partial charge in [-0.3, -0.25) is 0 Å². The van der Waals surface area contributed by atoms with E-state index in [2.05, 4.69) is 57.1 Å². The minimum Gasteiger partial charge on any atom is -0.381 e. The van der Waals surface area contributed by atoms with Gasteiger partial charge in [0.15, 0.2) is 0 Å². The maximum Gasteiger partial charge on any atom is 0.0631 e. The van der Waals surface area contributed by atoms with E-state index < -0.39 is 0 Å². The first-order valence-corrected chi connectivity index (χ1v) is 8.14. The maximum atomic E-state index is 5.62. The summed E-state index contributed by atoms with van der Waals surface area (Å²) in [4.78, 5) is 3.35. The molecule has 0 aliphatic carbocycles. The van der Waals surface area contributed by atoms with Crippen molar-refractivity contribution in [2.24, 2.45) is 5.41 Å². The van der Waals surface area contributed by atoms with Crippen LogP contribution in [0.1, 0.15) is 43.9 Å². The molecule has 1 atom stereocenters. The van der Waals surface area contributed by atoms with Crippen molar-refractivity contribution >= 4 is 10.9 Å². The van der Waals surface area contributed by atoms with E-state index >= 15 is 0 Å². The van der Waals surface area contributed by atoms with E-state index in [0.717, 1.165) is 19.5 Å². The Kier molecular flexibility index (Phi) is 5.30. The van der Waals surface area contributed by atoms with Crippen LogP contribution in [-0.4, -0.2) is 24.7 Å². The number of hydrogen-bond donors (Lipinski definition) is 2. The van der Waals surface area contributed by atoms with Crippen molar-refractivity contribution < 1.29 is 4.74 Å². The van der Waals surface area contributed by atoms with Crippen molar-refractivity contribution in [1.82, 2.24) is 10.3 Å². The monoisotopic (exact) mass is 302 g/mol. The van der Waals surface area contributed by atoms with Gasteiger partial charge in [-0.25, -0.2) is 0 Å². The van der Waals surface area contributed by atoms with Gasteiger partial charge in [-0.15, -0.1) is 0 Å². The molecule has 1 heterocycles. The molecule has 2 rings (SSSR count). The fourth-order valence-corrected chi connectivity index (χ4v) is 3.23. The van der Waals surface area contributed by atoms with Gasteiger partial charge >= 0.3 is 0 Å². The molecule has 1 unspecified atom stereocenters. The summed E-state index contributed by atoms with van der Waals surface area (Å²) in [5, 5.41) is 4.92. The van der Waals surface area contributed by atoms with Gasteiger partial charge in [0, 0.05) is 30.8 Å². The first kappa shape index (κ1) is 17.0. The van der Waals surface area contributed by atoms with Crippen LogP contribution < -0.4 is 5.32 Å². The molecule has 1 aromatic heterocycles. The molecule has 0 spiro atoms. The normalized spacial score (nSPS) is 13.7. The van der Waals surface area contributed by atoms with Crippen LogP contribution in [0.25, 0.3) is 10.9 Å². The molecule has 1 aromatic carbocycles. The zero-order valence-corrected chi connectivity index (χ0v) is 14.8. The van der Waals surface area contributed by atoms with E-state index in [4.69, 9.17) is 4.74 Å². The maximum absolute atomic E-state index is 5.62. The standard InChI is InChI=1S/C19H30N2O/c1-13-11-14(2)18-15(7-10-21-18)16(13)12-20-9-8-17(22-6)19(3,4)5/h7,10-11,17,20-21H,8-9,12H2,1-6H3. The lowest BCUT2D eigenvalue weighted by molar-refractivity contribution is 0.0111. The van der Waals surface area contributed by atoms with Crippen molar-refractivity contribution in [2.75, 3.05) is 13.7 Å². The number of hydrogen-bond acceptors (Lipinski definition) is 2. The Hall–Kier alpha value is -1.32. The molecule has 0 aliphatic heterocycles. The third-order valence-electron chi connectivity index (χ3n) is 4.51. The average Bonchev–Trinajstić information content (AvgIpc) is 2.90. The Morgan fingerprint density at radius 1 is 1.23 bits per heavy atom. The van der Waals surface area contributed by atoms with Gasteiger partial charge in [0.2, 0.25) is 0 Å². The van der Waals surface area contributed by atoms with Crippen LogP contribution in [0.15, 0.2) is 18.3 Å². The highest BCUT2D eigenvalue weighted by Gasteiger charge is 2.23. The number of fused-ring (bicyclic) bond motifs is 1. The zero-order valence-electron chi connectivity index (χ0n) is 14.8. The highest BCUT2D eigenvalue weighted by molar-refractivity contribution is 5.86. The molecule has 3 heteroatoms. The SMILES string of the molecule is COC(CCNCc1c(C)cc(C)c2[nH]ccc12)C(C)(C)C. The van der Waals surface area contributed by atoms with E-state index in [1.165, 1.54) is 27.6 Å². The predicted molar refractivity (Wildman–Crippen MR) is 94.3 cm³/mol. The van der Waals surface area contributed by atoms with Crippen LogP contribution in [0, 0.1) is 19.3 Å². The Morgan fingerprint density at radius 3 is 2.59 bits per heavy atom. The molecule has 0 radical (unpaired) electrons. The van der Waals surface area contributed by atoms with Crippen LogP contribution >= 0.6 is 0 Å². The largest absolute Gasteiger partial charge is 0.381 e. The van der Waals surface area contributed by atoms with Gasteiger partial charge in [0.05, 0.1) is 6.10 Å². The van der Waals surface area contributed by atoms with Crippen molar-refractivity contribution in [3.05, 3.63) is 35.0 Å². The molecule has 22 heavy (non-hydrogen) atoms. The van der Waals surface area contributed by atoms with Gasteiger partial charge in [-0.2, -0.15) is 0 Å². The van der Waals surface area contributed by atoms with E-state index in [-0.39, 0.29) is 11.5 Å². The minimum atomic E-state index is 0.185. The Morgan fingerprint density at radius 2 is 1.95 bits per heavy atom. The summed E-state index contributed by atoms with van der Waals surface area (Å²) < 4.78 is 5.62. The second-order valence-corrected chi connectivity index (χ2v) is 7.31. The topological polar surface area (TPSA) is 37.0 Å². The molecular weight excluding hydrogens is 272 g/mol. The van der Waals surface area contributed by atoms with Crippen LogP contribution in [0.2, 0.25) is 0 Å². The van der Waals surface area contributed by atoms with Crippen LogP contribution in [-0.2, 0) is 11.3 Å². The van der Waals surface area contributed by atoms with Crippen molar-refractivity contribution in [2.45, 2.75) is 53.7 Å². The van der Waals surface area contributed by atoms with Crippen LogP contribution in [0.5, 0.6) is 0 Å². The quantitative estimate of drug-likeness (QED) is 0.780. The lowest BCUT2D eigenvalue weighted by Gasteiger charge is -2.29. The molecule has 2 N–H and O–H groups in total. The lowest BCUT2D eigenvalue weighted by atomic mass is 9.87. The van der Waals surface area contributed by atoms with Crippen molar-refractivity contribution in [1.29, 1.82) is 0 Å². The molecule has 0 saturated heterocycles. The van der Waals surface area contributed by atoms with Gasteiger partial charge in [0.25, 0.3) is 0 Å². The van der Waals surface area contributed by atoms with Gasteiger partial charge < -0.3 is 15.0 Å². The van der Waals surface area contributed by atoms with E-state index in [9.17, 15) is 0 Å². The van der Waals surface area contributed by atoms with Crippen molar-refractivity contribution in [3.63, 3.8) is 0 Å². The van der Waals surface area contributed by atoms with Gasteiger partial charge in [-0.05, 0) is 55.0 Å². The summed E-state index contributed by atoms with van der Waals surface area (Å²) in [7, 11) is 1.81. The van der Waals surface area contributed by atoms with Gasteiger partial charge in [0.1, 0.15) is 0 Å². The molecule has 0 aliphatic rings. The summed E-state index contributed by atoms with van der Waals surface area (Å²) in [5.41, 5.74) is 5.51. The lowest BCUT2D eigenvalue weighted by Crippen LogP contribution is -2.32. The number of aromatic nitrogens is 1.